The standard InChI is InChI=1S/C8H11BS/c1-8(2,3)7-6(9)4-5-10-7/h4-5H,1-3H3. The Morgan fingerprint density at radius 2 is 2.00 bits per heavy atom. The molecule has 1 aromatic rings. The molecule has 1 rings (SSSR count). The molecule has 0 aromatic carbocycles. The fourth-order valence-electron chi connectivity index (χ4n) is 0.929. The van der Waals surface area contributed by atoms with Crippen LogP contribution in [0.15, 0.2) is 11.4 Å². The monoisotopic (exact) mass is 150 g/mol. The predicted octanol–water partition coefficient (Wildman–Crippen LogP) is 1.84. The van der Waals surface area contributed by atoms with Gasteiger partial charge in [-0.2, -0.15) is 0 Å². The first-order chi connectivity index (χ1) is 4.52. The highest BCUT2D eigenvalue weighted by atomic mass is 32.1. The number of hydrogen-bond acceptors (Lipinski definition) is 1. The van der Waals surface area contributed by atoms with E-state index in [1.54, 1.807) is 11.3 Å². The third-order valence-corrected chi connectivity index (χ3v) is 2.73. The van der Waals surface area contributed by atoms with Crippen molar-refractivity contribution in [2.24, 2.45) is 0 Å². The number of thiophene rings is 1. The zero-order chi connectivity index (χ0) is 7.78. The average molecular weight is 150 g/mol. The lowest BCUT2D eigenvalue weighted by atomic mass is 9.85. The SMILES string of the molecule is [B]c1ccsc1C(C)(C)C. The van der Waals surface area contributed by atoms with Crippen LogP contribution in [0.5, 0.6) is 0 Å². The van der Waals surface area contributed by atoms with E-state index in [4.69, 9.17) is 7.85 Å². The molecule has 52 valence electrons. The van der Waals surface area contributed by atoms with Gasteiger partial charge in [0.15, 0.2) is 0 Å². The molecule has 0 amide bonds. The molecule has 0 aliphatic carbocycles. The largest absolute Gasteiger partial charge is 0.149 e. The van der Waals surface area contributed by atoms with Gasteiger partial charge in [-0.15, -0.1) is 11.3 Å². The van der Waals surface area contributed by atoms with Crippen molar-refractivity contribution in [1.29, 1.82) is 0 Å². The van der Waals surface area contributed by atoms with E-state index in [1.807, 2.05) is 11.4 Å². The maximum atomic E-state index is 5.74. The van der Waals surface area contributed by atoms with Crippen LogP contribution in [0.2, 0.25) is 0 Å². The molecule has 0 atom stereocenters. The van der Waals surface area contributed by atoms with Crippen molar-refractivity contribution in [3.05, 3.63) is 16.3 Å². The Hall–Kier alpha value is -0.235. The molecule has 1 heterocycles. The second kappa shape index (κ2) is 2.42. The molecule has 2 heteroatoms. The van der Waals surface area contributed by atoms with Crippen molar-refractivity contribution >= 4 is 24.6 Å². The first kappa shape index (κ1) is 7.87. The lowest BCUT2D eigenvalue weighted by molar-refractivity contribution is 0.607. The molecule has 0 spiro atoms. The molecule has 0 N–H and O–H groups in total. The van der Waals surface area contributed by atoms with Crippen molar-refractivity contribution < 1.29 is 0 Å². The first-order valence-electron chi connectivity index (χ1n) is 3.35. The van der Waals surface area contributed by atoms with Gasteiger partial charge < -0.3 is 0 Å². The Morgan fingerprint density at radius 1 is 1.40 bits per heavy atom. The Kier molecular flexibility index (Phi) is 1.91. The van der Waals surface area contributed by atoms with Gasteiger partial charge in [0.1, 0.15) is 7.85 Å². The third-order valence-electron chi connectivity index (χ3n) is 1.38. The second-order valence-corrected chi connectivity index (χ2v) is 4.37. The normalized spacial score (nSPS) is 11.9. The van der Waals surface area contributed by atoms with Crippen LogP contribution in [0.3, 0.4) is 0 Å². The fraction of sp³-hybridized carbons (Fsp3) is 0.500. The van der Waals surface area contributed by atoms with E-state index < -0.39 is 0 Å². The van der Waals surface area contributed by atoms with Crippen LogP contribution in [0.25, 0.3) is 0 Å². The zero-order valence-corrected chi connectivity index (χ0v) is 7.46. The second-order valence-electron chi connectivity index (χ2n) is 3.46. The fourth-order valence-corrected chi connectivity index (χ4v) is 1.84. The van der Waals surface area contributed by atoms with Gasteiger partial charge in [-0.1, -0.05) is 32.3 Å². The Morgan fingerprint density at radius 3 is 2.20 bits per heavy atom. The summed E-state index contributed by atoms with van der Waals surface area (Å²) in [6, 6.07) is 1.96. The van der Waals surface area contributed by atoms with Crippen LogP contribution in [0.4, 0.5) is 0 Å². The summed E-state index contributed by atoms with van der Waals surface area (Å²) in [6.45, 7) is 6.53. The van der Waals surface area contributed by atoms with Crippen molar-refractivity contribution in [3.8, 4) is 0 Å². The lowest BCUT2D eigenvalue weighted by Gasteiger charge is -2.17. The van der Waals surface area contributed by atoms with E-state index >= 15 is 0 Å². The number of hydrogen-bond donors (Lipinski definition) is 0. The topological polar surface area (TPSA) is 0 Å². The molecule has 0 unspecified atom stereocenters. The van der Waals surface area contributed by atoms with Gasteiger partial charge >= 0.3 is 0 Å². The van der Waals surface area contributed by atoms with Crippen molar-refractivity contribution in [1.82, 2.24) is 0 Å². The highest BCUT2D eigenvalue weighted by molar-refractivity contribution is 7.11. The average Bonchev–Trinajstić information content (AvgIpc) is 2.11. The summed E-state index contributed by atoms with van der Waals surface area (Å²) in [5, 5.41) is 2.04. The van der Waals surface area contributed by atoms with Gasteiger partial charge in [0.25, 0.3) is 0 Å². The van der Waals surface area contributed by atoms with Gasteiger partial charge in [0.05, 0.1) is 0 Å². The molecule has 0 saturated heterocycles. The maximum absolute atomic E-state index is 5.74. The Balaban J connectivity index is 3.05. The Labute approximate surface area is 67.7 Å². The molecule has 2 radical (unpaired) electrons. The maximum Gasteiger partial charge on any atom is 0.115 e. The van der Waals surface area contributed by atoms with Gasteiger partial charge in [0.2, 0.25) is 0 Å². The van der Waals surface area contributed by atoms with Gasteiger partial charge in [-0.05, 0) is 10.8 Å². The molecule has 0 saturated carbocycles. The minimum atomic E-state index is 0.207. The van der Waals surface area contributed by atoms with Crippen molar-refractivity contribution in [3.63, 3.8) is 0 Å². The summed E-state index contributed by atoms with van der Waals surface area (Å²) >= 11 is 1.73. The highest BCUT2D eigenvalue weighted by Gasteiger charge is 2.16. The van der Waals surface area contributed by atoms with Crippen LogP contribution >= 0.6 is 11.3 Å². The van der Waals surface area contributed by atoms with Crippen molar-refractivity contribution in [2.75, 3.05) is 0 Å². The first-order valence-corrected chi connectivity index (χ1v) is 4.23. The molecule has 0 nitrogen and oxygen atoms in total. The molecule has 1 aromatic heterocycles. The molecular formula is C8H11BS. The molecule has 0 bridgehead atoms. The summed E-state index contributed by atoms with van der Waals surface area (Å²) < 4.78 is 0. The summed E-state index contributed by atoms with van der Waals surface area (Å²) in [5.41, 5.74) is 1.13. The smallest absolute Gasteiger partial charge is 0.115 e. The van der Waals surface area contributed by atoms with Gasteiger partial charge in [-0.3, -0.25) is 0 Å². The third kappa shape index (κ3) is 1.43. The van der Waals surface area contributed by atoms with Gasteiger partial charge in [-0.25, -0.2) is 0 Å². The van der Waals surface area contributed by atoms with Crippen LogP contribution < -0.4 is 5.46 Å². The van der Waals surface area contributed by atoms with Crippen LogP contribution in [0, 0.1) is 0 Å². The molecule has 0 aliphatic heterocycles. The lowest BCUT2D eigenvalue weighted by Crippen LogP contribution is -2.18. The quantitative estimate of drug-likeness (QED) is 0.495. The van der Waals surface area contributed by atoms with Crippen molar-refractivity contribution in [2.45, 2.75) is 26.2 Å². The Bertz CT molecular complexity index is 219. The summed E-state index contributed by atoms with van der Waals surface area (Å²) in [6.07, 6.45) is 0. The highest BCUT2D eigenvalue weighted by Crippen LogP contribution is 2.23. The predicted molar refractivity (Wildman–Crippen MR) is 48.4 cm³/mol. The van der Waals surface area contributed by atoms with E-state index in [0.717, 1.165) is 5.46 Å². The summed E-state index contributed by atoms with van der Waals surface area (Å²) in [7, 11) is 5.74. The van der Waals surface area contributed by atoms with Crippen LogP contribution in [-0.2, 0) is 5.41 Å². The molecule has 0 aliphatic rings. The minimum absolute atomic E-state index is 0.207. The summed E-state index contributed by atoms with van der Waals surface area (Å²) in [4.78, 5) is 1.28. The van der Waals surface area contributed by atoms with Gasteiger partial charge in [0, 0.05) is 4.88 Å². The molecular weight excluding hydrogens is 139 g/mol. The molecule has 10 heavy (non-hydrogen) atoms. The van der Waals surface area contributed by atoms with E-state index in [-0.39, 0.29) is 5.41 Å². The van der Waals surface area contributed by atoms with E-state index in [2.05, 4.69) is 20.8 Å². The van der Waals surface area contributed by atoms with E-state index in [1.165, 1.54) is 4.88 Å². The van der Waals surface area contributed by atoms with Crippen LogP contribution in [0.1, 0.15) is 25.6 Å². The summed E-state index contributed by atoms with van der Waals surface area (Å²) in [5.74, 6) is 0. The van der Waals surface area contributed by atoms with Crippen LogP contribution in [-0.4, -0.2) is 7.85 Å². The minimum Gasteiger partial charge on any atom is -0.149 e. The van der Waals surface area contributed by atoms with E-state index in [0.29, 0.717) is 0 Å². The molecule has 0 fully saturated rings. The number of rotatable bonds is 0. The van der Waals surface area contributed by atoms with E-state index in [9.17, 15) is 0 Å². The zero-order valence-electron chi connectivity index (χ0n) is 6.64.